The lowest BCUT2D eigenvalue weighted by Crippen LogP contribution is -2.14. The normalized spacial score (nSPS) is 13.9. The molecule has 3 aromatic rings. The largest absolute Gasteiger partial charge is 0.455 e. The molecule has 33 heavy (non-hydrogen) atoms. The second-order valence-corrected chi connectivity index (χ2v) is 7.99. The molecule has 0 aliphatic heterocycles. The highest BCUT2D eigenvalue weighted by Gasteiger charge is 2.20. The number of allylic oxidation sites excluding steroid dienone is 5. The van der Waals surface area contributed by atoms with Gasteiger partial charge < -0.3 is 20.9 Å². The minimum absolute atomic E-state index is 0.0495. The third kappa shape index (κ3) is 4.71. The highest BCUT2D eigenvalue weighted by atomic mass is 16.3. The van der Waals surface area contributed by atoms with Crippen molar-refractivity contribution in [2.24, 2.45) is 5.73 Å². The van der Waals surface area contributed by atoms with Crippen LogP contribution in [0.4, 0.5) is 5.69 Å². The van der Waals surface area contributed by atoms with Crippen molar-refractivity contribution in [1.82, 2.24) is 4.98 Å². The average molecular weight is 443 g/mol. The van der Waals surface area contributed by atoms with Gasteiger partial charge in [-0.3, -0.25) is 9.78 Å². The maximum atomic E-state index is 13.3. The van der Waals surface area contributed by atoms with E-state index in [4.69, 9.17) is 9.83 Å². The number of nitrogens with one attached hydrogen (secondary N) is 2. The number of anilines is 1. The van der Waals surface area contributed by atoms with E-state index in [9.17, 15) is 4.79 Å². The molecule has 0 radical (unpaired) electrons. The SMILES string of the molecule is C=C1C=C(c2oc3c(C(C)Nc4cccnc4C)cc(C)cc3c(=O)c2C)C=CC1=N.CN. The van der Waals surface area contributed by atoms with E-state index in [-0.39, 0.29) is 11.5 Å². The molecule has 0 bridgehead atoms. The van der Waals surface area contributed by atoms with Crippen LogP contribution in [0.3, 0.4) is 0 Å². The van der Waals surface area contributed by atoms with E-state index in [0.29, 0.717) is 33.6 Å². The first-order valence-corrected chi connectivity index (χ1v) is 10.8. The smallest absolute Gasteiger partial charge is 0.196 e. The van der Waals surface area contributed by atoms with Crippen molar-refractivity contribution in [3.05, 3.63) is 99.2 Å². The van der Waals surface area contributed by atoms with Crippen molar-refractivity contribution in [2.75, 3.05) is 12.4 Å². The Morgan fingerprint density at radius 3 is 2.58 bits per heavy atom. The summed E-state index contributed by atoms with van der Waals surface area (Å²) in [5.74, 6) is 0.511. The van der Waals surface area contributed by atoms with E-state index in [2.05, 4.69) is 22.6 Å². The first-order chi connectivity index (χ1) is 15.8. The number of nitrogens with two attached hydrogens (primary N) is 1. The topological polar surface area (TPSA) is 105 Å². The summed E-state index contributed by atoms with van der Waals surface area (Å²) in [5.41, 5.74) is 11.0. The van der Waals surface area contributed by atoms with Crippen LogP contribution in [-0.4, -0.2) is 17.7 Å². The zero-order valence-electron chi connectivity index (χ0n) is 19.7. The molecule has 6 nitrogen and oxygen atoms in total. The molecule has 4 N–H and O–H groups in total. The fourth-order valence-corrected chi connectivity index (χ4v) is 3.85. The molecule has 0 saturated carbocycles. The third-order valence-electron chi connectivity index (χ3n) is 5.60. The van der Waals surface area contributed by atoms with Crippen LogP contribution in [0.2, 0.25) is 0 Å². The van der Waals surface area contributed by atoms with Gasteiger partial charge >= 0.3 is 0 Å². The summed E-state index contributed by atoms with van der Waals surface area (Å²) in [7, 11) is 1.50. The van der Waals surface area contributed by atoms with Crippen LogP contribution in [0, 0.1) is 26.2 Å². The number of hydrogen-bond acceptors (Lipinski definition) is 6. The summed E-state index contributed by atoms with van der Waals surface area (Å²) < 4.78 is 6.38. The molecule has 4 rings (SSSR count). The summed E-state index contributed by atoms with van der Waals surface area (Å²) in [4.78, 5) is 17.6. The lowest BCUT2D eigenvalue weighted by atomic mass is 9.95. The van der Waals surface area contributed by atoms with E-state index in [1.807, 2.05) is 45.0 Å². The van der Waals surface area contributed by atoms with Gasteiger partial charge in [-0.2, -0.15) is 0 Å². The molecule has 170 valence electrons. The highest BCUT2D eigenvalue weighted by molar-refractivity contribution is 6.12. The Balaban J connectivity index is 0.00000149. The number of pyridine rings is 1. The van der Waals surface area contributed by atoms with Crippen LogP contribution in [0.5, 0.6) is 0 Å². The summed E-state index contributed by atoms with van der Waals surface area (Å²) in [6, 6.07) is 7.70. The summed E-state index contributed by atoms with van der Waals surface area (Å²) in [6.45, 7) is 11.7. The Kier molecular flexibility index (Phi) is 7.09. The molecule has 0 fully saturated rings. The zero-order chi connectivity index (χ0) is 24.3. The molecular weight excluding hydrogens is 412 g/mol. The molecular formula is C27H30N4O2. The van der Waals surface area contributed by atoms with E-state index >= 15 is 0 Å². The summed E-state index contributed by atoms with van der Waals surface area (Å²) in [5, 5.41) is 11.9. The second kappa shape index (κ2) is 9.79. The fraction of sp³-hybridized carbons (Fsp3) is 0.222. The van der Waals surface area contributed by atoms with Gasteiger partial charge in [0.05, 0.1) is 28.5 Å². The van der Waals surface area contributed by atoms with E-state index in [1.54, 1.807) is 31.3 Å². The Labute approximate surface area is 194 Å². The zero-order valence-corrected chi connectivity index (χ0v) is 19.7. The highest BCUT2D eigenvalue weighted by Crippen LogP contribution is 2.32. The number of fused-ring (bicyclic) bond motifs is 1. The number of benzene rings is 1. The lowest BCUT2D eigenvalue weighted by molar-refractivity contribution is 0.574. The van der Waals surface area contributed by atoms with Gasteiger partial charge in [0.1, 0.15) is 11.3 Å². The van der Waals surface area contributed by atoms with Gasteiger partial charge in [-0.15, -0.1) is 0 Å². The van der Waals surface area contributed by atoms with Crippen molar-refractivity contribution < 1.29 is 4.42 Å². The van der Waals surface area contributed by atoms with Crippen molar-refractivity contribution in [3.8, 4) is 0 Å². The van der Waals surface area contributed by atoms with Gasteiger partial charge in [0.2, 0.25) is 0 Å². The number of nitrogens with zero attached hydrogens (tertiary/aromatic N) is 1. The minimum atomic E-state index is -0.108. The van der Waals surface area contributed by atoms with Gasteiger partial charge in [0.25, 0.3) is 0 Å². The van der Waals surface area contributed by atoms with Crippen LogP contribution in [0.25, 0.3) is 16.5 Å². The Morgan fingerprint density at radius 2 is 1.91 bits per heavy atom. The molecule has 0 spiro atoms. The van der Waals surface area contributed by atoms with Crippen molar-refractivity contribution in [3.63, 3.8) is 0 Å². The molecule has 1 aliphatic rings. The van der Waals surface area contributed by atoms with E-state index in [0.717, 1.165) is 28.1 Å². The summed E-state index contributed by atoms with van der Waals surface area (Å²) >= 11 is 0. The van der Waals surface area contributed by atoms with Gasteiger partial charge in [-0.1, -0.05) is 12.6 Å². The minimum Gasteiger partial charge on any atom is -0.455 e. The van der Waals surface area contributed by atoms with Crippen molar-refractivity contribution >= 4 is 27.9 Å². The van der Waals surface area contributed by atoms with Gasteiger partial charge in [-0.25, -0.2) is 0 Å². The second-order valence-electron chi connectivity index (χ2n) is 7.99. The first kappa shape index (κ1) is 23.9. The quantitative estimate of drug-likeness (QED) is 0.502. The number of rotatable bonds is 4. The predicted molar refractivity (Wildman–Crippen MR) is 137 cm³/mol. The van der Waals surface area contributed by atoms with E-state index < -0.39 is 0 Å². The molecule has 2 heterocycles. The summed E-state index contributed by atoms with van der Waals surface area (Å²) in [6.07, 6.45) is 7.02. The molecule has 6 heteroatoms. The standard InChI is InChI=1S/C26H25N3O2.CH5N/c1-14-11-20(17(4)29-23-7-6-10-28-18(23)5)26-21(12-14)24(30)16(3)25(31-26)19-8-9-22(27)15(2)13-19;1-2/h6-13,17,27,29H,2H2,1,3-5H3;2H2,1H3. The molecule has 0 amide bonds. The van der Waals surface area contributed by atoms with Crippen LogP contribution in [0.1, 0.15) is 41.1 Å². The van der Waals surface area contributed by atoms with Crippen molar-refractivity contribution in [2.45, 2.75) is 33.7 Å². The van der Waals surface area contributed by atoms with Crippen LogP contribution in [-0.2, 0) is 0 Å². The number of aryl methyl sites for hydroxylation is 2. The van der Waals surface area contributed by atoms with Crippen LogP contribution in [0.15, 0.2) is 70.1 Å². The molecule has 1 aromatic carbocycles. The van der Waals surface area contributed by atoms with Gasteiger partial charge in [0, 0.05) is 22.9 Å². The van der Waals surface area contributed by atoms with Gasteiger partial charge in [0.15, 0.2) is 5.43 Å². The third-order valence-corrected chi connectivity index (χ3v) is 5.60. The fourth-order valence-electron chi connectivity index (χ4n) is 3.85. The number of aromatic nitrogens is 1. The van der Waals surface area contributed by atoms with Crippen LogP contribution < -0.4 is 16.5 Å². The number of hydrogen-bond donors (Lipinski definition) is 3. The van der Waals surface area contributed by atoms with Crippen molar-refractivity contribution in [1.29, 1.82) is 5.41 Å². The first-order valence-electron chi connectivity index (χ1n) is 10.8. The maximum absolute atomic E-state index is 13.3. The Morgan fingerprint density at radius 1 is 1.18 bits per heavy atom. The molecule has 1 atom stereocenters. The monoisotopic (exact) mass is 442 g/mol. The Bertz CT molecular complexity index is 1360. The van der Waals surface area contributed by atoms with Gasteiger partial charge in [-0.05, 0) is 82.3 Å². The molecule has 1 aliphatic carbocycles. The average Bonchev–Trinajstić information content (AvgIpc) is 2.81. The Hall–Kier alpha value is -3.77. The molecule has 2 aromatic heterocycles. The van der Waals surface area contributed by atoms with Crippen LogP contribution >= 0.6 is 0 Å². The molecule has 1 unspecified atom stereocenters. The predicted octanol–water partition coefficient (Wildman–Crippen LogP) is 5.39. The van der Waals surface area contributed by atoms with E-state index in [1.165, 1.54) is 7.05 Å². The maximum Gasteiger partial charge on any atom is 0.196 e. The lowest BCUT2D eigenvalue weighted by Gasteiger charge is -2.20. The molecule has 0 saturated heterocycles.